The fourth-order valence-electron chi connectivity index (χ4n) is 0.671. The summed E-state index contributed by atoms with van der Waals surface area (Å²) in [5.41, 5.74) is 0.394. The minimum absolute atomic E-state index is 0.00352. The van der Waals surface area contributed by atoms with Gasteiger partial charge in [-0.05, 0) is 22.0 Å². The molecule has 1 N–H and O–H groups in total. The number of nitrogens with zero attached hydrogens (tertiary/aromatic N) is 1. The van der Waals surface area contributed by atoms with Gasteiger partial charge in [-0.3, -0.25) is 4.79 Å². The summed E-state index contributed by atoms with van der Waals surface area (Å²) in [6.45, 7) is -0.00352. The minimum atomic E-state index is -0.322. The maximum absolute atomic E-state index is 11.1. The fourth-order valence-corrected chi connectivity index (χ4v) is 1.09. The van der Waals surface area contributed by atoms with Crippen molar-refractivity contribution in [2.45, 2.75) is 0 Å². The van der Waals surface area contributed by atoms with Gasteiger partial charge in [-0.1, -0.05) is 0 Å². The normalized spacial score (nSPS) is 9.00. The Hall–Kier alpha value is -1.28. The maximum Gasteiger partial charge on any atom is 0.256 e. The average molecular weight is 229 g/mol. The number of halogens is 1. The van der Waals surface area contributed by atoms with Crippen molar-refractivity contribution in [3.63, 3.8) is 0 Å². The van der Waals surface area contributed by atoms with E-state index in [1.807, 2.05) is 0 Å². The summed E-state index contributed by atoms with van der Waals surface area (Å²) in [6.07, 6.45) is 1.39. The molecule has 0 aliphatic carbocycles. The molecule has 0 aliphatic heterocycles. The first-order valence-electron chi connectivity index (χ1n) is 3.14. The average Bonchev–Trinajstić information content (AvgIpc) is 2.47. The Morgan fingerprint density at radius 3 is 3.08 bits per heavy atom. The molecule has 0 saturated heterocycles. The third-order valence-electron chi connectivity index (χ3n) is 1.19. The van der Waals surface area contributed by atoms with Gasteiger partial charge < -0.3 is 9.73 Å². The Morgan fingerprint density at radius 2 is 2.58 bits per heavy atom. The Kier molecular flexibility index (Phi) is 2.88. The molecule has 1 amide bonds. The van der Waals surface area contributed by atoms with Crippen molar-refractivity contribution in [3.8, 4) is 6.07 Å². The molecule has 0 radical (unpaired) electrons. The van der Waals surface area contributed by atoms with Crippen molar-refractivity contribution in [2.75, 3.05) is 6.54 Å². The van der Waals surface area contributed by atoms with Crippen LogP contribution < -0.4 is 5.32 Å². The van der Waals surface area contributed by atoms with Crippen molar-refractivity contribution < 1.29 is 9.21 Å². The summed E-state index contributed by atoms with van der Waals surface area (Å²) in [4.78, 5) is 11.1. The molecule has 0 atom stereocenters. The molecular weight excluding hydrogens is 224 g/mol. The summed E-state index contributed by atoms with van der Waals surface area (Å²) in [6, 6.07) is 3.33. The number of amides is 1. The van der Waals surface area contributed by atoms with Crippen LogP contribution in [-0.4, -0.2) is 12.5 Å². The minimum Gasteiger partial charge on any atom is -0.457 e. The Labute approximate surface area is 77.3 Å². The van der Waals surface area contributed by atoms with Crippen LogP contribution in [0.3, 0.4) is 0 Å². The van der Waals surface area contributed by atoms with Crippen LogP contribution in [0.15, 0.2) is 21.4 Å². The van der Waals surface area contributed by atoms with Gasteiger partial charge in [-0.25, -0.2) is 0 Å². The summed E-state index contributed by atoms with van der Waals surface area (Å²) < 4.78 is 5.21. The number of carbonyl (C=O) groups excluding carboxylic acids is 1. The second-order valence-corrected chi connectivity index (χ2v) is 2.67. The molecule has 1 heterocycles. The molecule has 0 spiro atoms. The van der Waals surface area contributed by atoms with E-state index in [-0.39, 0.29) is 12.5 Å². The fraction of sp³-hybridized carbons (Fsp3) is 0.143. The molecule has 0 fully saturated rings. The van der Waals surface area contributed by atoms with E-state index in [1.54, 1.807) is 6.07 Å². The molecule has 0 bridgehead atoms. The van der Waals surface area contributed by atoms with Gasteiger partial charge in [0.05, 0.1) is 17.9 Å². The predicted octanol–water partition coefficient (Wildman–Crippen LogP) is 1.30. The second kappa shape index (κ2) is 3.93. The van der Waals surface area contributed by atoms with E-state index in [0.717, 1.165) is 0 Å². The van der Waals surface area contributed by atoms with Crippen LogP contribution in [0.4, 0.5) is 0 Å². The van der Waals surface area contributed by atoms with Gasteiger partial charge in [0.1, 0.15) is 6.54 Å². The maximum atomic E-state index is 11.1. The smallest absolute Gasteiger partial charge is 0.256 e. The van der Waals surface area contributed by atoms with E-state index in [4.69, 9.17) is 9.68 Å². The highest BCUT2D eigenvalue weighted by Crippen LogP contribution is 2.16. The lowest BCUT2D eigenvalue weighted by Crippen LogP contribution is -2.23. The number of hydrogen-bond acceptors (Lipinski definition) is 3. The standard InChI is InChI=1S/C7H5BrN2O2/c8-6-5(1-4-12-6)7(11)10-3-2-9/h1,4H,3H2,(H,10,11). The highest BCUT2D eigenvalue weighted by atomic mass is 79.9. The topological polar surface area (TPSA) is 66.0 Å². The molecule has 5 heteroatoms. The zero-order valence-electron chi connectivity index (χ0n) is 6.00. The highest BCUT2D eigenvalue weighted by Gasteiger charge is 2.10. The molecule has 1 aromatic heterocycles. The van der Waals surface area contributed by atoms with E-state index in [1.165, 1.54) is 12.3 Å². The third-order valence-corrected chi connectivity index (χ3v) is 1.80. The number of furan rings is 1. The first kappa shape index (κ1) is 8.81. The van der Waals surface area contributed by atoms with Crippen LogP contribution in [0.5, 0.6) is 0 Å². The van der Waals surface area contributed by atoms with Crippen LogP contribution in [0.1, 0.15) is 10.4 Å². The zero-order valence-corrected chi connectivity index (χ0v) is 7.59. The SMILES string of the molecule is N#CCNC(=O)c1ccoc1Br. The van der Waals surface area contributed by atoms with Crippen molar-refractivity contribution in [1.82, 2.24) is 5.32 Å². The highest BCUT2D eigenvalue weighted by molar-refractivity contribution is 9.10. The first-order chi connectivity index (χ1) is 5.75. The molecule has 0 aliphatic rings. The van der Waals surface area contributed by atoms with Crippen molar-refractivity contribution in [2.24, 2.45) is 0 Å². The number of nitriles is 1. The van der Waals surface area contributed by atoms with Crippen LogP contribution >= 0.6 is 15.9 Å². The second-order valence-electron chi connectivity index (χ2n) is 1.95. The Morgan fingerprint density at radius 1 is 1.83 bits per heavy atom. The lowest BCUT2D eigenvalue weighted by molar-refractivity contribution is 0.0957. The first-order valence-corrected chi connectivity index (χ1v) is 3.93. The lowest BCUT2D eigenvalue weighted by Gasteiger charge is -1.96. The van der Waals surface area contributed by atoms with E-state index < -0.39 is 0 Å². The predicted molar refractivity (Wildman–Crippen MR) is 44.4 cm³/mol. The van der Waals surface area contributed by atoms with Gasteiger partial charge >= 0.3 is 0 Å². The number of hydrogen-bond donors (Lipinski definition) is 1. The largest absolute Gasteiger partial charge is 0.457 e. The van der Waals surface area contributed by atoms with Crippen LogP contribution in [0, 0.1) is 11.3 Å². The molecule has 0 saturated carbocycles. The third kappa shape index (κ3) is 1.86. The van der Waals surface area contributed by atoms with Crippen molar-refractivity contribution in [1.29, 1.82) is 5.26 Å². The molecule has 4 nitrogen and oxygen atoms in total. The zero-order chi connectivity index (χ0) is 8.97. The quantitative estimate of drug-likeness (QED) is 0.777. The molecule has 12 heavy (non-hydrogen) atoms. The van der Waals surface area contributed by atoms with Gasteiger partial charge in [0.2, 0.25) is 0 Å². The van der Waals surface area contributed by atoms with Crippen LogP contribution in [-0.2, 0) is 0 Å². The molecule has 0 aromatic carbocycles. The molecule has 0 unspecified atom stereocenters. The number of rotatable bonds is 2. The lowest BCUT2D eigenvalue weighted by atomic mass is 10.3. The van der Waals surface area contributed by atoms with Gasteiger partial charge in [0.25, 0.3) is 5.91 Å². The van der Waals surface area contributed by atoms with Crippen molar-refractivity contribution >= 4 is 21.8 Å². The Balaban J connectivity index is 2.67. The number of carbonyl (C=O) groups is 1. The van der Waals surface area contributed by atoms with Gasteiger partial charge in [0.15, 0.2) is 4.67 Å². The van der Waals surface area contributed by atoms with Crippen molar-refractivity contribution in [3.05, 3.63) is 22.6 Å². The summed E-state index contributed by atoms with van der Waals surface area (Å²) in [7, 11) is 0. The summed E-state index contributed by atoms with van der Waals surface area (Å²) >= 11 is 3.05. The molecular formula is C7H5BrN2O2. The van der Waals surface area contributed by atoms with Gasteiger partial charge in [-0.15, -0.1) is 0 Å². The van der Waals surface area contributed by atoms with E-state index in [0.29, 0.717) is 10.2 Å². The Bertz CT molecular complexity index is 326. The summed E-state index contributed by atoms with van der Waals surface area (Å²) in [5.74, 6) is -0.322. The van der Waals surface area contributed by atoms with E-state index in [2.05, 4.69) is 21.2 Å². The van der Waals surface area contributed by atoms with Gasteiger partial charge in [-0.2, -0.15) is 5.26 Å². The van der Waals surface area contributed by atoms with E-state index in [9.17, 15) is 4.79 Å². The van der Waals surface area contributed by atoms with Crippen LogP contribution in [0.2, 0.25) is 0 Å². The molecule has 62 valence electrons. The monoisotopic (exact) mass is 228 g/mol. The van der Waals surface area contributed by atoms with Gasteiger partial charge in [0, 0.05) is 0 Å². The molecule has 1 aromatic rings. The molecule has 1 rings (SSSR count). The number of nitrogens with one attached hydrogen (secondary N) is 1. The van der Waals surface area contributed by atoms with Crippen LogP contribution in [0.25, 0.3) is 0 Å². The van der Waals surface area contributed by atoms with E-state index >= 15 is 0 Å². The summed E-state index contributed by atoms with van der Waals surface area (Å²) in [5, 5.41) is 10.6.